The van der Waals surface area contributed by atoms with Crippen molar-refractivity contribution in [2.75, 3.05) is 25.7 Å². The molecule has 2 amide bonds. The number of nitrogens with two attached hydrogens (primary N) is 3. The van der Waals surface area contributed by atoms with Crippen LogP contribution in [0.25, 0.3) is 5.70 Å². The van der Waals surface area contributed by atoms with Gasteiger partial charge >= 0.3 is 6.03 Å². The number of anilines is 1. The molecule has 0 heterocycles. The minimum absolute atomic E-state index is 0.128. The topological polar surface area (TPSA) is 132 Å². The van der Waals surface area contributed by atoms with Gasteiger partial charge in [-0.2, -0.15) is 0 Å². The lowest BCUT2D eigenvalue weighted by atomic mass is 10.1. The van der Waals surface area contributed by atoms with E-state index >= 15 is 0 Å². The number of aliphatic imine (C=N–C) groups is 1. The zero-order valence-corrected chi connectivity index (χ0v) is 21.3. The van der Waals surface area contributed by atoms with Gasteiger partial charge in [-0.25, -0.2) is 21.5 Å². The SMILES string of the molecule is COc1cccc(N(N)C(=O)N(C)N)c1COc1ccc(C(N)=CC=NCCCC(C)C)cc1C. The van der Waals surface area contributed by atoms with Crippen molar-refractivity contribution in [3.05, 3.63) is 59.2 Å². The summed E-state index contributed by atoms with van der Waals surface area (Å²) in [4.78, 5) is 16.7. The van der Waals surface area contributed by atoms with Gasteiger partial charge in [0.05, 0.1) is 18.4 Å². The third-order valence-electron chi connectivity index (χ3n) is 5.40. The van der Waals surface area contributed by atoms with Gasteiger partial charge < -0.3 is 15.2 Å². The fraction of sp³-hybridized carbons (Fsp3) is 0.385. The zero-order valence-electron chi connectivity index (χ0n) is 21.3. The number of methoxy groups -OCH3 is 1. The van der Waals surface area contributed by atoms with E-state index in [2.05, 4.69) is 18.8 Å². The first-order valence-corrected chi connectivity index (χ1v) is 11.6. The van der Waals surface area contributed by atoms with Gasteiger partial charge in [-0.15, -0.1) is 0 Å². The molecule has 9 nitrogen and oxygen atoms in total. The lowest BCUT2D eigenvalue weighted by Gasteiger charge is -2.24. The van der Waals surface area contributed by atoms with E-state index in [-0.39, 0.29) is 6.61 Å². The summed E-state index contributed by atoms with van der Waals surface area (Å²) in [5.74, 6) is 13.5. The highest BCUT2D eigenvalue weighted by Gasteiger charge is 2.20. The number of hydrogen-bond donors (Lipinski definition) is 3. The molecule has 0 saturated heterocycles. The van der Waals surface area contributed by atoms with Crippen molar-refractivity contribution in [1.82, 2.24) is 5.01 Å². The maximum atomic E-state index is 12.3. The van der Waals surface area contributed by atoms with Gasteiger partial charge in [0.2, 0.25) is 0 Å². The minimum Gasteiger partial charge on any atom is -0.496 e. The van der Waals surface area contributed by atoms with E-state index in [9.17, 15) is 4.79 Å². The molecule has 0 bridgehead atoms. The summed E-state index contributed by atoms with van der Waals surface area (Å²) in [5.41, 5.74) is 9.70. The van der Waals surface area contributed by atoms with Gasteiger partial charge in [-0.1, -0.05) is 19.9 Å². The smallest absolute Gasteiger partial charge is 0.352 e. The van der Waals surface area contributed by atoms with E-state index in [1.807, 2.05) is 31.2 Å². The summed E-state index contributed by atoms with van der Waals surface area (Å²) in [6.45, 7) is 7.29. The van der Waals surface area contributed by atoms with Crippen LogP contribution in [0.2, 0.25) is 0 Å². The number of rotatable bonds is 11. The summed E-state index contributed by atoms with van der Waals surface area (Å²) in [6.07, 6.45) is 5.81. The summed E-state index contributed by atoms with van der Waals surface area (Å²) in [6, 6.07) is 10.4. The third kappa shape index (κ3) is 8.01. The second-order valence-corrected chi connectivity index (χ2v) is 8.70. The Bertz CT molecular complexity index is 1050. The predicted octanol–water partition coefficient (Wildman–Crippen LogP) is 3.99. The molecule has 0 aromatic heterocycles. The molecule has 0 atom stereocenters. The molecule has 0 aliphatic carbocycles. The highest BCUT2D eigenvalue weighted by molar-refractivity contribution is 5.91. The molecule has 0 fully saturated rings. The molecule has 190 valence electrons. The van der Waals surface area contributed by atoms with Crippen LogP contribution < -0.4 is 31.9 Å². The van der Waals surface area contributed by atoms with E-state index in [0.29, 0.717) is 34.4 Å². The number of nitrogens with zero attached hydrogens (tertiary/aromatic N) is 3. The molecule has 0 saturated carbocycles. The Balaban J connectivity index is 2.14. The van der Waals surface area contributed by atoms with Crippen LogP contribution in [0, 0.1) is 12.8 Å². The van der Waals surface area contributed by atoms with Gasteiger partial charge in [-0.05, 0) is 73.2 Å². The van der Waals surface area contributed by atoms with Gasteiger partial charge in [0.1, 0.15) is 18.1 Å². The molecule has 9 heteroatoms. The third-order valence-corrected chi connectivity index (χ3v) is 5.40. The number of carbonyl (C=O) groups is 1. The number of aryl methyl sites for hydroxylation is 1. The molecule has 0 radical (unpaired) electrons. The van der Waals surface area contributed by atoms with Gasteiger partial charge in [-0.3, -0.25) is 10.0 Å². The first-order valence-electron chi connectivity index (χ1n) is 11.6. The molecular formula is C26H38N6O3. The van der Waals surface area contributed by atoms with Crippen LogP contribution in [0.3, 0.4) is 0 Å². The van der Waals surface area contributed by atoms with Crippen LogP contribution in [-0.2, 0) is 6.61 Å². The Hall–Kier alpha value is -3.56. The molecule has 2 aromatic rings. The molecule has 0 aliphatic rings. The average Bonchev–Trinajstić information content (AvgIpc) is 2.83. The van der Waals surface area contributed by atoms with E-state index in [0.717, 1.165) is 40.5 Å². The van der Waals surface area contributed by atoms with E-state index < -0.39 is 6.03 Å². The Labute approximate surface area is 208 Å². The Morgan fingerprint density at radius 1 is 1.17 bits per heavy atom. The van der Waals surface area contributed by atoms with E-state index in [4.69, 9.17) is 26.9 Å². The molecule has 0 spiro atoms. The molecule has 6 N–H and O–H groups in total. The van der Waals surface area contributed by atoms with E-state index in [1.165, 1.54) is 7.05 Å². The maximum absolute atomic E-state index is 12.3. The molecule has 0 aliphatic heterocycles. The van der Waals surface area contributed by atoms with Crippen molar-refractivity contribution in [3.63, 3.8) is 0 Å². The summed E-state index contributed by atoms with van der Waals surface area (Å²) >= 11 is 0. The number of hydrogen-bond acceptors (Lipinski definition) is 7. The Morgan fingerprint density at radius 2 is 1.91 bits per heavy atom. The zero-order chi connectivity index (χ0) is 26.0. The normalized spacial score (nSPS) is 11.7. The second kappa shape index (κ2) is 13.4. The maximum Gasteiger partial charge on any atom is 0.352 e. The Kier molecular flexibility index (Phi) is 10.6. The number of ether oxygens (including phenoxy) is 2. The van der Waals surface area contributed by atoms with Crippen LogP contribution in [0.5, 0.6) is 11.5 Å². The van der Waals surface area contributed by atoms with Crippen molar-refractivity contribution in [3.8, 4) is 11.5 Å². The summed E-state index contributed by atoms with van der Waals surface area (Å²) in [7, 11) is 2.96. The highest BCUT2D eigenvalue weighted by atomic mass is 16.5. The monoisotopic (exact) mass is 482 g/mol. The lowest BCUT2D eigenvalue weighted by molar-refractivity contribution is 0.216. The summed E-state index contributed by atoms with van der Waals surface area (Å²) in [5, 5.41) is 1.87. The number of hydrazine groups is 2. The standard InChI is InChI=1S/C26H38N6O3/c1-18(2)8-7-14-30-15-13-22(27)20-11-12-24(19(3)16-20)35-17-21-23(9-6-10-25(21)34-5)32(29)26(33)31(4)28/h6,9-13,15-16,18H,7-8,14,17,27-29H2,1-5H3. The molecule has 2 rings (SSSR count). The first kappa shape index (κ1) is 27.7. The summed E-state index contributed by atoms with van der Waals surface area (Å²) < 4.78 is 11.5. The fourth-order valence-electron chi connectivity index (χ4n) is 3.42. The lowest BCUT2D eigenvalue weighted by Crippen LogP contribution is -2.49. The van der Waals surface area contributed by atoms with Crippen LogP contribution in [0.15, 0.2) is 47.5 Å². The van der Waals surface area contributed by atoms with Gasteiger partial charge in [0, 0.05) is 25.5 Å². The highest BCUT2D eigenvalue weighted by Crippen LogP contribution is 2.31. The van der Waals surface area contributed by atoms with Crippen molar-refractivity contribution in [2.24, 2.45) is 28.3 Å². The number of urea groups is 1. The van der Waals surface area contributed by atoms with Gasteiger partial charge in [0.15, 0.2) is 0 Å². The average molecular weight is 483 g/mol. The van der Waals surface area contributed by atoms with Crippen molar-refractivity contribution >= 4 is 23.6 Å². The number of carbonyl (C=O) groups excluding carboxylic acids is 1. The Morgan fingerprint density at radius 3 is 2.54 bits per heavy atom. The molecule has 0 unspecified atom stereocenters. The number of allylic oxidation sites excluding steroid dienone is 1. The molecule has 35 heavy (non-hydrogen) atoms. The quantitative estimate of drug-likeness (QED) is 0.146. The van der Waals surface area contributed by atoms with Crippen LogP contribution in [-0.4, -0.2) is 38.0 Å². The fourth-order valence-corrected chi connectivity index (χ4v) is 3.42. The predicted molar refractivity (Wildman–Crippen MR) is 142 cm³/mol. The second-order valence-electron chi connectivity index (χ2n) is 8.70. The largest absolute Gasteiger partial charge is 0.496 e. The molecular weight excluding hydrogens is 444 g/mol. The van der Waals surface area contributed by atoms with Crippen molar-refractivity contribution in [2.45, 2.75) is 40.2 Å². The van der Waals surface area contributed by atoms with Crippen molar-refractivity contribution < 1.29 is 14.3 Å². The molecule has 2 aromatic carbocycles. The first-order chi connectivity index (χ1) is 16.6. The van der Waals surface area contributed by atoms with Gasteiger partial charge in [0.25, 0.3) is 0 Å². The minimum atomic E-state index is -0.578. The van der Waals surface area contributed by atoms with E-state index in [1.54, 1.807) is 31.5 Å². The number of benzene rings is 2. The number of amides is 2. The van der Waals surface area contributed by atoms with Crippen LogP contribution >= 0.6 is 0 Å². The van der Waals surface area contributed by atoms with Crippen molar-refractivity contribution in [1.29, 1.82) is 0 Å². The van der Waals surface area contributed by atoms with Crippen LogP contribution in [0.4, 0.5) is 10.5 Å². The van der Waals surface area contributed by atoms with Crippen LogP contribution in [0.1, 0.15) is 43.4 Å².